The van der Waals surface area contributed by atoms with Gasteiger partial charge in [0.05, 0.1) is 0 Å². The van der Waals surface area contributed by atoms with Gasteiger partial charge in [-0.3, -0.25) is 4.79 Å². The zero-order valence-electron chi connectivity index (χ0n) is 9.69. The molecule has 0 atom stereocenters. The highest BCUT2D eigenvalue weighted by Gasteiger charge is 2.01. The van der Waals surface area contributed by atoms with Gasteiger partial charge < -0.3 is 5.11 Å². The number of hydrogen-bond acceptors (Lipinski definition) is 2. The Kier molecular flexibility index (Phi) is 6.50. The molecule has 0 aromatic heterocycles. The number of unbranched alkanes of at least 4 members (excludes halogenated alkanes) is 1. The van der Waals surface area contributed by atoms with E-state index in [1.54, 1.807) is 0 Å². The minimum atomic E-state index is 0.192. The molecule has 0 saturated carbocycles. The Morgan fingerprint density at radius 1 is 1.00 bits per heavy atom. The van der Waals surface area contributed by atoms with Crippen molar-refractivity contribution in [3.63, 3.8) is 0 Å². The van der Waals surface area contributed by atoms with Gasteiger partial charge in [-0.1, -0.05) is 30.3 Å². The smallest absolute Gasteiger partial charge is 0.132 e. The molecular weight excluding hydrogens is 200 g/mol. The number of rotatable bonds is 8. The standard InChI is InChI=1S/C14H20O2/c15-12-5-4-10-14(16)11-6-9-13-7-2-1-3-8-13/h1-3,7-8,15H,4-6,9-12H2. The molecule has 1 aromatic rings. The average Bonchev–Trinajstić information content (AvgIpc) is 2.31. The first-order valence-electron chi connectivity index (χ1n) is 5.99. The summed E-state index contributed by atoms with van der Waals surface area (Å²) in [6.45, 7) is 0.192. The number of carbonyl (C=O) groups is 1. The molecule has 0 aliphatic rings. The molecule has 0 amide bonds. The Labute approximate surface area is 97.3 Å². The van der Waals surface area contributed by atoms with Crippen molar-refractivity contribution in [2.24, 2.45) is 0 Å². The zero-order valence-corrected chi connectivity index (χ0v) is 9.69. The van der Waals surface area contributed by atoms with E-state index in [4.69, 9.17) is 5.11 Å². The van der Waals surface area contributed by atoms with Crippen LogP contribution in [0.2, 0.25) is 0 Å². The maximum atomic E-state index is 11.4. The van der Waals surface area contributed by atoms with Gasteiger partial charge in [0.25, 0.3) is 0 Å². The highest BCUT2D eigenvalue weighted by Crippen LogP contribution is 2.07. The lowest BCUT2D eigenvalue weighted by molar-refractivity contribution is -0.119. The molecule has 2 heteroatoms. The third kappa shape index (κ3) is 5.66. The van der Waals surface area contributed by atoms with Crippen LogP contribution in [0, 0.1) is 0 Å². The number of hydrogen-bond donors (Lipinski definition) is 1. The van der Waals surface area contributed by atoms with Crippen LogP contribution in [0.5, 0.6) is 0 Å². The monoisotopic (exact) mass is 220 g/mol. The van der Waals surface area contributed by atoms with Gasteiger partial charge in [0.15, 0.2) is 0 Å². The van der Waals surface area contributed by atoms with Gasteiger partial charge >= 0.3 is 0 Å². The molecule has 0 radical (unpaired) electrons. The van der Waals surface area contributed by atoms with Crippen molar-refractivity contribution in [3.8, 4) is 0 Å². The number of aryl methyl sites for hydroxylation is 1. The summed E-state index contributed by atoms with van der Waals surface area (Å²) in [4.78, 5) is 11.4. The zero-order chi connectivity index (χ0) is 11.6. The third-order valence-electron chi connectivity index (χ3n) is 2.63. The van der Waals surface area contributed by atoms with Gasteiger partial charge in [0, 0.05) is 19.4 Å². The first-order valence-corrected chi connectivity index (χ1v) is 5.99. The van der Waals surface area contributed by atoms with E-state index in [1.165, 1.54) is 5.56 Å². The van der Waals surface area contributed by atoms with Gasteiger partial charge in [-0.2, -0.15) is 0 Å². The normalized spacial score (nSPS) is 10.3. The number of aliphatic hydroxyl groups excluding tert-OH is 1. The summed E-state index contributed by atoms with van der Waals surface area (Å²) in [5, 5.41) is 8.59. The fourth-order valence-corrected chi connectivity index (χ4v) is 1.69. The van der Waals surface area contributed by atoms with Crippen molar-refractivity contribution in [2.75, 3.05) is 6.61 Å². The van der Waals surface area contributed by atoms with Crippen molar-refractivity contribution in [3.05, 3.63) is 35.9 Å². The molecule has 0 heterocycles. The minimum Gasteiger partial charge on any atom is -0.396 e. The van der Waals surface area contributed by atoms with E-state index < -0.39 is 0 Å². The molecule has 16 heavy (non-hydrogen) atoms. The van der Waals surface area contributed by atoms with E-state index >= 15 is 0 Å². The van der Waals surface area contributed by atoms with Crippen molar-refractivity contribution >= 4 is 5.78 Å². The van der Waals surface area contributed by atoms with E-state index in [0.717, 1.165) is 25.7 Å². The minimum absolute atomic E-state index is 0.192. The Morgan fingerprint density at radius 2 is 1.69 bits per heavy atom. The van der Waals surface area contributed by atoms with Gasteiger partial charge in [-0.05, 0) is 31.2 Å². The van der Waals surface area contributed by atoms with Crippen LogP contribution in [0.15, 0.2) is 30.3 Å². The summed E-state index contributed by atoms with van der Waals surface area (Å²) < 4.78 is 0. The molecule has 0 fully saturated rings. The topological polar surface area (TPSA) is 37.3 Å². The molecule has 0 aliphatic heterocycles. The van der Waals surface area contributed by atoms with Crippen LogP contribution in [0.3, 0.4) is 0 Å². The Bertz CT molecular complexity index is 293. The maximum Gasteiger partial charge on any atom is 0.132 e. The largest absolute Gasteiger partial charge is 0.396 e. The molecule has 0 saturated heterocycles. The molecule has 0 spiro atoms. The van der Waals surface area contributed by atoms with E-state index in [2.05, 4.69) is 12.1 Å². The summed E-state index contributed by atoms with van der Waals surface area (Å²) >= 11 is 0. The van der Waals surface area contributed by atoms with Crippen LogP contribution in [-0.4, -0.2) is 17.5 Å². The first kappa shape index (κ1) is 12.9. The van der Waals surface area contributed by atoms with E-state index in [-0.39, 0.29) is 6.61 Å². The Hall–Kier alpha value is -1.15. The van der Waals surface area contributed by atoms with Crippen LogP contribution in [0.4, 0.5) is 0 Å². The predicted octanol–water partition coefficient (Wildman–Crippen LogP) is 2.74. The quantitative estimate of drug-likeness (QED) is 0.684. The molecule has 1 N–H and O–H groups in total. The molecule has 1 rings (SSSR count). The number of aliphatic hydroxyl groups is 1. The highest BCUT2D eigenvalue weighted by atomic mass is 16.2. The number of carbonyl (C=O) groups excluding carboxylic acids is 1. The van der Waals surface area contributed by atoms with Crippen LogP contribution >= 0.6 is 0 Å². The predicted molar refractivity (Wildman–Crippen MR) is 65.3 cm³/mol. The van der Waals surface area contributed by atoms with Crippen LogP contribution in [0.25, 0.3) is 0 Å². The van der Waals surface area contributed by atoms with Gasteiger partial charge in [-0.15, -0.1) is 0 Å². The Morgan fingerprint density at radius 3 is 2.38 bits per heavy atom. The summed E-state index contributed by atoms with van der Waals surface area (Å²) in [6, 6.07) is 10.2. The molecule has 2 nitrogen and oxygen atoms in total. The van der Waals surface area contributed by atoms with Gasteiger partial charge in [0.1, 0.15) is 5.78 Å². The molecular formula is C14H20O2. The number of benzene rings is 1. The maximum absolute atomic E-state index is 11.4. The van der Waals surface area contributed by atoms with E-state index in [1.807, 2.05) is 18.2 Å². The van der Waals surface area contributed by atoms with Crippen LogP contribution in [0.1, 0.15) is 37.7 Å². The van der Waals surface area contributed by atoms with Crippen molar-refractivity contribution in [1.82, 2.24) is 0 Å². The SMILES string of the molecule is O=C(CCCCO)CCCc1ccccc1. The molecule has 0 bridgehead atoms. The van der Waals surface area contributed by atoms with E-state index in [0.29, 0.717) is 18.6 Å². The average molecular weight is 220 g/mol. The molecule has 0 aliphatic carbocycles. The fourth-order valence-electron chi connectivity index (χ4n) is 1.69. The summed E-state index contributed by atoms with van der Waals surface area (Å²) in [7, 11) is 0. The number of ketones is 1. The molecule has 1 aromatic carbocycles. The lowest BCUT2D eigenvalue weighted by Crippen LogP contribution is -1.99. The van der Waals surface area contributed by atoms with E-state index in [9.17, 15) is 4.79 Å². The summed E-state index contributed by atoms with van der Waals surface area (Å²) in [5.74, 6) is 0.324. The second kappa shape index (κ2) is 8.05. The lowest BCUT2D eigenvalue weighted by atomic mass is 10.0. The first-order chi connectivity index (χ1) is 7.83. The van der Waals surface area contributed by atoms with Gasteiger partial charge in [0.2, 0.25) is 0 Å². The molecule has 0 unspecified atom stereocenters. The lowest BCUT2D eigenvalue weighted by Gasteiger charge is -2.01. The third-order valence-corrected chi connectivity index (χ3v) is 2.63. The Balaban J connectivity index is 2.09. The number of Topliss-reactive ketones (excluding diaryl/α,β-unsaturated/α-hetero) is 1. The van der Waals surface area contributed by atoms with Crippen LogP contribution in [-0.2, 0) is 11.2 Å². The molecule has 88 valence electrons. The summed E-state index contributed by atoms with van der Waals surface area (Å²) in [5.41, 5.74) is 1.30. The van der Waals surface area contributed by atoms with Crippen LogP contribution < -0.4 is 0 Å². The van der Waals surface area contributed by atoms with Crippen molar-refractivity contribution in [2.45, 2.75) is 38.5 Å². The van der Waals surface area contributed by atoms with Gasteiger partial charge in [-0.25, -0.2) is 0 Å². The van der Waals surface area contributed by atoms with Crippen molar-refractivity contribution < 1.29 is 9.90 Å². The second-order valence-electron chi connectivity index (χ2n) is 4.06. The highest BCUT2D eigenvalue weighted by molar-refractivity contribution is 5.78. The fraction of sp³-hybridized carbons (Fsp3) is 0.500. The second-order valence-corrected chi connectivity index (χ2v) is 4.06. The van der Waals surface area contributed by atoms with Crippen molar-refractivity contribution in [1.29, 1.82) is 0 Å². The summed E-state index contributed by atoms with van der Waals surface area (Å²) in [6.07, 6.45) is 4.76.